The zero-order valence-electron chi connectivity index (χ0n) is 10.0. The second kappa shape index (κ2) is 5.41. The minimum atomic E-state index is -0.767. The van der Waals surface area contributed by atoms with Crippen LogP contribution in [0.3, 0.4) is 0 Å². The van der Waals surface area contributed by atoms with Crippen LogP contribution in [0.5, 0.6) is 0 Å². The van der Waals surface area contributed by atoms with Gasteiger partial charge in [-0.1, -0.05) is 0 Å². The van der Waals surface area contributed by atoms with Gasteiger partial charge in [-0.3, -0.25) is 4.79 Å². The molecule has 0 aromatic heterocycles. The van der Waals surface area contributed by atoms with E-state index in [9.17, 15) is 4.79 Å². The zero-order valence-corrected chi connectivity index (χ0v) is 10.0. The Hall–Kier alpha value is -2.22. The fourth-order valence-electron chi connectivity index (χ4n) is 2.11. The first kappa shape index (κ1) is 12.2. The molecule has 0 saturated carbocycles. The minimum absolute atomic E-state index is 0.178. The molecule has 5 heteroatoms. The molecule has 1 heterocycles. The molecule has 0 saturated heterocycles. The molecule has 0 unspecified atom stereocenters. The lowest BCUT2D eigenvalue weighted by Crippen LogP contribution is -2.34. The van der Waals surface area contributed by atoms with Crippen LogP contribution in [0.15, 0.2) is 18.2 Å². The van der Waals surface area contributed by atoms with Gasteiger partial charge in [0.05, 0.1) is 23.0 Å². The van der Waals surface area contributed by atoms with Crippen LogP contribution in [0.4, 0.5) is 11.4 Å². The number of benzene rings is 1. The van der Waals surface area contributed by atoms with Crippen molar-refractivity contribution in [2.75, 3.05) is 29.9 Å². The molecular formula is C13H15N3O2. The highest BCUT2D eigenvalue weighted by Gasteiger charge is 2.16. The molecule has 0 atom stereocenters. The van der Waals surface area contributed by atoms with Crippen LogP contribution in [-0.2, 0) is 4.79 Å². The number of anilines is 2. The van der Waals surface area contributed by atoms with Crippen LogP contribution in [0.25, 0.3) is 0 Å². The van der Waals surface area contributed by atoms with Crippen molar-refractivity contribution >= 4 is 17.3 Å². The first-order chi connectivity index (χ1) is 8.70. The average molecular weight is 245 g/mol. The molecule has 2 rings (SSSR count). The van der Waals surface area contributed by atoms with Crippen LogP contribution in [-0.4, -0.2) is 30.7 Å². The molecule has 18 heavy (non-hydrogen) atoms. The molecule has 5 nitrogen and oxygen atoms in total. The monoisotopic (exact) mass is 245 g/mol. The molecule has 0 amide bonds. The van der Waals surface area contributed by atoms with Gasteiger partial charge in [-0.2, -0.15) is 5.26 Å². The molecule has 0 aliphatic carbocycles. The molecule has 1 aromatic carbocycles. The van der Waals surface area contributed by atoms with E-state index in [0.29, 0.717) is 18.5 Å². The molecule has 2 N–H and O–H groups in total. The Bertz CT molecular complexity index is 493. The molecule has 1 aliphatic rings. The lowest BCUT2D eigenvalue weighted by atomic mass is 10.1. The summed E-state index contributed by atoms with van der Waals surface area (Å²) in [6, 6.07) is 7.66. The fourth-order valence-corrected chi connectivity index (χ4v) is 2.11. The molecule has 0 radical (unpaired) electrons. The van der Waals surface area contributed by atoms with E-state index in [0.717, 1.165) is 24.5 Å². The Balaban J connectivity index is 2.11. The summed E-state index contributed by atoms with van der Waals surface area (Å²) in [4.78, 5) is 12.6. The molecule has 0 spiro atoms. The van der Waals surface area contributed by atoms with Gasteiger partial charge in [-0.15, -0.1) is 0 Å². The van der Waals surface area contributed by atoms with Crippen LogP contribution < -0.4 is 10.2 Å². The van der Waals surface area contributed by atoms with Gasteiger partial charge in [-0.05, 0) is 24.6 Å². The van der Waals surface area contributed by atoms with Gasteiger partial charge in [0.25, 0.3) is 0 Å². The predicted octanol–water partition coefficient (Wildman–Crippen LogP) is 1.65. The number of nitriles is 1. The van der Waals surface area contributed by atoms with E-state index in [4.69, 9.17) is 10.4 Å². The fraction of sp³-hybridized carbons (Fsp3) is 0.385. The third kappa shape index (κ3) is 2.72. The highest BCUT2D eigenvalue weighted by Crippen LogP contribution is 2.30. The minimum Gasteiger partial charge on any atom is -0.481 e. The maximum Gasteiger partial charge on any atom is 0.303 e. The normalized spacial score (nSPS) is 13.4. The SMILES string of the molecule is N#Cc1ccc2c(c1)N(CCCC(=O)O)CCN2. The van der Waals surface area contributed by atoms with Crippen molar-refractivity contribution in [3.8, 4) is 6.07 Å². The van der Waals surface area contributed by atoms with Crippen LogP contribution in [0.1, 0.15) is 18.4 Å². The Morgan fingerprint density at radius 2 is 2.39 bits per heavy atom. The van der Waals surface area contributed by atoms with E-state index in [1.807, 2.05) is 12.1 Å². The molecule has 1 aromatic rings. The maximum absolute atomic E-state index is 10.5. The molecule has 0 fully saturated rings. The standard InChI is InChI=1S/C13H15N3O2/c14-9-10-3-4-11-12(8-10)16(7-5-15-11)6-1-2-13(17)18/h3-4,8,15H,1-2,5-7H2,(H,17,18). The topological polar surface area (TPSA) is 76.4 Å². The van der Waals surface area contributed by atoms with Gasteiger partial charge in [0.2, 0.25) is 0 Å². The van der Waals surface area contributed by atoms with E-state index in [-0.39, 0.29) is 6.42 Å². The summed E-state index contributed by atoms with van der Waals surface area (Å²) in [5.74, 6) is -0.767. The van der Waals surface area contributed by atoms with Crippen LogP contribution in [0.2, 0.25) is 0 Å². The van der Waals surface area contributed by atoms with Crippen LogP contribution in [0, 0.1) is 11.3 Å². The molecule has 94 valence electrons. The number of carbonyl (C=O) groups is 1. The third-order valence-corrected chi connectivity index (χ3v) is 2.98. The highest BCUT2D eigenvalue weighted by atomic mass is 16.4. The van der Waals surface area contributed by atoms with Crippen molar-refractivity contribution in [2.24, 2.45) is 0 Å². The average Bonchev–Trinajstić information content (AvgIpc) is 2.38. The lowest BCUT2D eigenvalue weighted by molar-refractivity contribution is -0.137. The number of carboxylic acids is 1. The van der Waals surface area contributed by atoms with E-state index in [1.54, 1.807) is 6.07 Å². The van der Waals surface area contributed by atoms with E-state index in [1.165, 1.54) is 0 Å². The van der Waals surface area contributed by atoms with Gasteiger partial charge < -0.3 is 15.3 Å². The van der Waals surface area contributed by atoms with Gasteiger partial charge in [0.1, 0.15) is 0 Å². The first-order valence-electron chi connectivity index (χ1n) is 5.95. The number of carboxylic acid groups (broad SMARTS) is 1. The van der Waals surface area contributed by atoms with Crippen LogP contribution >= 0.6 is 0 Å². The van der Waals surface area contributed by atoms with Gasteiger partial charge in [-0.25, -0.2) is 0 Å². The van der Waals surface area contributed by atoms with Crippen molar-refractivity contribution in [3.63, 3.8) is 0 Å². The molecular weight excluding hydrogens is 230 g/mol. The number of nitrogens with one attached hydrogen (secondary N) is 1. The Labute approximate surface area is 106 Å². The number of fused-ring (bicyclic) bond motifs is 1. The summed E-state index contributed by atoms with van der Waals surface area (Å²) in [5.41, 5.74) is 2.63. The lowest BCUT2D eigenvalue weighted by Gasteiger charge is -2.32. The third-order valence-electron chi connectivity index (χ3n) is 2.98. The van der Waals surface area contributed by atoms with Crippen molar-refractivity contribution in [3.05, 3.63) is 23.8 Å². The summed E-state index contributed by atoms with van der Waals surface area (Å²) in [6.07, 6.45) is 0.794. The largest absolute Gasteiger partial charge is 0.481 e. The Morgan fingerprint density at radius 1 is 1.56 bits per heavy atom. The van der Waals surface area contributed by atoms with Crippen molar-refractivity contribution < 1.29 is 9.90 Å². The smallest absolute Gasteiger partial charge is 0.303 e. The second-order valence-corrected chi connectivity index (χ2v) is 4.25. The quantitative estimate of drug-likeness (QED) is 0.843. The zero-order chi connectivity index (χ0) is 13.0. The number of nitrogens with zero attached hydrogens (tertiary/aromatic N) is 2. The Morgan fingerprint density at radius 3 is 3.11 bits per heavy atom. The van der Waals surface area contributed by atoms with E-state index < -0.39 is 5.97 Å². The summed E-state index contributed by atoms with van der Waals surface area (Å²) >= 11 is 0. The van der Waals surface area contributed by atoms with E-state index >= 15 is 0 Å². The van der Waals surface area contributed by atoms with Crippen molar-refractivity contribution in [1.29, 1.82) is 5.26 Å². The predicted molar refractivity (Wildman–Crippen MR) is 68.7 cm³/mol. The molecule has 1 aliphatic heterocycles. The number of rotatable bonds is 4. The summed E-state index contributed by atoms with van der Waals surface area (Å²) in [6.45, 7) is 2.38. The van der Waals surface area contributed by atoms with Gasteiger partial charge in [0, 0.05) is 26.1 Å². The van der Waals surface area contributed by atoms with Crippen molar-refractivity contribution in [1.82, 2.24) is 0 Å². The number of aliphatic carboxylic acids is 1. The number of hydrogen-bond donors (Lipinski definition) is 2. The summed E-state index contributed by atoms with van der Waals surface area (Å²) < 4.78 is 0. The molecule has 0 bridgehead atoms. The van der Waals surface area contributed by atoms with Gasteiger partial charge in [0.15, 0.2) is 0 Å². The first-order valence-corrected chi connectivity index (χ1v) is 5.95. The second-order valence-electron chi connectivity index (χ2n) is 4.25. The van der Waals surface area contributed by atoms with E-state index in [2.05, 4.69) is 16.3 Å². The van der Waals surface area contributed by atoms with Gasteiger partial charge >= 0.3 is 5.97 Å². The summed E-state index contributed by atoms with van der Waals surface area (Å²) in [7, 11) is 0. The number of hydrogen-bond acceptors (Lipinski definition) is 4. The maximum atomic E-state index is 10.5. The van der Waals surface area contributed by atoms with Crippen molar-refractivity contribution in [2.45, 2.75) is 12.8 Å². The summed E-state index contributed by atoms with van der Waals surface area (Å²) in [5, 5.41) is 20.8. The highest BCUT2D eigenvalue weighted by molar-refractivity contribution is 5.74. The Kier molecular flexibility index (Phi) is 3.68.